The number of hydrogen-bond acceptors (Lipinski definition) is 1. The van der Waals surface area contributed by atoms with E-state index < -0.39 is 0 Å². The normalized spacial score (nSPS) is 4.00. The van der Waals surface area contributed by atoms with Crippen LogP contribution in [0.3, 0.4) is 0 Å². The fraction of sp³-hybridized carbons (Fsp3) is 0. The van der Waals surface area contributed by atoms with Crippen LogP contribution in [0.2, 0.25) is 0 Å². The second kappa shape index (κ2) is 9.22. The number of hydrogen-bond donors (Lipinski definition) is 0. The Morgan fingerprint density at radius 3 is 1.75 bits per heavy atom. The van der Waals surface area contributed by atoms with E-state index in [4.69, 9.17) is 4.46 Å². The van der Waals surface area contributed by atoms with Crippen LogP contribution in [0.25, 0.3) is 0 Å². The molecule has 0 radical (unpaired) electrons. The van der Waals surface area contributed by atoms with Crippen LogP contribution in [0.5, 0.6) is 0 Å². The van der Waals surface area contributed by atoms with Gasteiger partial charge < -0.3 is 4.46 Å². The van der Waals surface area contributed by atoms with Gasteiger partial charge in [0.25, 0.3) is 0 Å². The third-order valence-electron chi connectivity index (χ3n) is 0. The Balaban J connectivity index is 0. The van der Waals surface area contributed by atoms with Gasteiger partial charge in [0.15, 0.2) is 0 Å². The van der Waals surface area contributed by atoms with Crippen molar-refractivity contribution in [1.29, 1.82) is 0 Å². The Kier molecular flexibility index (Phi) is 20.4. The van der Waals surface area contributed by atoms with Crippen molar-refractivity contribution in [1.82, 2.24) is 0 Å². The average Bonchev–Trinajstić information content (AvgIpc) is 0.918. The van der Waals surface area contributed by atoms with Crippen LogP contribution in [-0.2, 0) is 4.46 Å². The molecule has 0 fully saturated rings. The predicted molar refractivity (Wildman–Crippen MR) is 29.1 cm³/mol. The van der Waals surface area contributed by atoms with Crippen molar-refractivity contribution in [3.63, 3.8) is 0 Å². The van der Waals surface area contributed by atoms with Crippen molar-refractivity contribution in [2.45, 2.75) is 0 Å². The summed E-state index contributed by atoms with van der Waals surface area (Å²) >= 11 is 0. The van der Waals surface area contributed by atoms with E-state index in [-0.39, 0.29) is 26.5 Å². The van der Waals surface area contributed by atoms with Gasteiger partial charge in [0, 0.05) is 0 Å². The summed E-state index contributed by atoms with van der Waals surface area (Å²) in [6.45, 7) is 0. The fourth-order valence-electron chi connectivity index (χ4n) is 0. The van der Waals surface area contributed by atoms with Gasteiger partial charge in [-0.3, -0.25) is 0 Å². The van der Waals surface area contributed by atoms with E-state index in [1.165, 1.54) is 0 Å². The van der Waals surface area contributed by atoms with Crippen molar-refractivity contribution in [2.24, 2.45) is 0 Å². The van der Waals surface area contributed by atoms with E-state index in [1.54, 1.807) is 0 Å². The predicted octanol–water partition coefficient (Wildman–Crippen LogP) is -3.40. The summed E-state index contributed by atoms with van der Waals surface area (Å²) in [5.74, 6) is 0. The molecule has 0 aromatic rings. The van der Waals surface area contributed by atoms with Crippen LogP contribution < -0.4 is 0 Å². The molecule has 0 aromatic carbocycles. The quantitative estimate of drug-likeness (QED) is 0.331. The molecule has 26 valence electrons. The van der Waals surface area contributed by atoms with Gasteiger partial charge >= 0.3 is 17.6 Å². The first-order valence-electron chi connectivity index (χ1n) is 0.813. The molecule has 0 saturated heterocycles. The third-order valence-corrected chi connectivity index (χ3v) is 0. The van der Waals surface area contributed by atoms with E-state index in [9.17, 15) is 0 Å². The Morgan fingerprint density at radius 1 is 1.75 bits per heavy atom. The molecule has 0 bridgehead atoms. The first-order valence-corrected chi connectivity index (χ1v) is 5.90. The molecule has 0 spiro atoms. The maximum absolute atomic E-state index is 9.08. The van der Waals surface area contributed by atoms with Crippen LogP contribution in [-0.4, -0.2) is 36.3 Å². The van der Waals surface area contributed by atoms with E-state index in [0.29, 0.717) is 0 Å². The molecular weight excluding hydrogens is 145 g/mol. The van der Waals surface area contributed by atoms with Crippen LogP contribution in [0.15, 0.2) is 0 Å². The maximum atomic E-state index is 9.08. The summed E-state index contributed by atoms with van der Waals surface area (Å²) in [6, 6.07) is 0. The van der Waals surface area contributed by atoms with Gasteiger partial charge in [0.1, 0.15) is 0 Å². The standard InChI is InChI=1S/GeH4.H4OSi2/c;1-3-2/h1H4;3H,2H3. The second-order valence-corrected chi connectivity index (χ2v) is 2.12. The minimum atomic E-state index is -0.361. The molecule has 0 aliphatic rings. The van der Waals surface area contributed by atoms with Gasteiger partial charge in [-0.05, 0) is 0 Å². The molecule has 0 heterocycles. The zero-order chi connectivity index (χ0) is 2.71. The molecule has 0 saturated carbocycles. The summed E-state index contributed by atoms with van der Waals surface area (Å²) in [6.07, 6.45) is 0. The van der Waals surface area contributed by atoms with Gasteiger partial charge in [-0.15, -0.1) is 0 Å². The van der Waals surface area contributed by atoms with Crippen LogP contribution in [0, 0.1) is 0 Å². The monoisotopic (exact) mass is 154 g/mol. The van der Waals surface area contributed by atoms with E-state index in [1.807, 2.05) is 0 Å². The van der Waals surface area contributed by atoms with Crippen molar-refractivity contribution >= 4 is 36.3 Å². The summed E-state index contributed by atoms with van der Waals surface area (Å²) in [7, 11) is 0.535. The third kappa shape index (κ3) is 14.5. The molecule has 0 unspecified atom stereocenters. The van der Waals surface area contributed by atoms with E-state index in [0.717, 1.165) is 9.76 Å². The van der Waals surface area contributed by atoms with Crippen LogP contribution >= 0.6 is 0 Å². The Labute approximate surface area is 41.2 Å². The van der Waals surface area contributed by atoms with Crippen LogP contribution in [0.1, 0.15) is 0 Å². The molecule has 4 heavy (non-hydrogen) atoms. The Hall–Kier alpha value is 0.777. The van der Waals surface area contributed by atoms with Crippen molar-refractivity contribution in [3.05, 3.63) is 0 Å². The molecule has 0 atom stereocenters. The molecule has 0 aliphatic heterocycles. The molecule has 0 amide bonds. The van der Waals surface area contributed by atoms with Crippen molar-refractivity contribution in [3.8, 4) is 0 Å². The van der Waals surface area contributed by atoms with Crippen molar-refractivity contribution < 1.29 is 4.46 Å². The summed E-state index contributed by atoms with van der Waals surface area (Å²) in [5, 5.41) is 0. The second-order valence-electron chi connectivity index (χ2n) is 0.236. The Morgan fingerprint density at radius 2 is 1.75 bits per heavy atom. The van der Waals surface area contributed by atoms with E-state index >= 15 is 0 Å². The topological polar surface area (TPSA) is 17.1 Å². The molecule has 0 N–H and O–H groups in total. The summed E-state index contributed by atoms with van der Waals surface area (Å²) < 4.78 is 9.08. The number of rotatable bonds is 0. The average molecular weight is 153 g/mol. The van der Waals surface area contributed by atoms with E-state index in [2.05, 4.69) is 0 Å². The molecular formula is H8GeOSi2. The molecule has 0 rings (SSSR count). The zero-order valence-corrected chi connectivity index (χ0v) is 5.14. The molecule has 1 nitrogen and oxygen atoms in total. The fourth-order valence-corrected chi connectivity index (χ4v) is 0. The summed E-state index contributed by atoms with van der Waals surface area (Å²) in [5.41, 5.74) is 0. The van der Waals surface area contributed by atoms with Gasteiger partial charge in [-0.25, -0.2) is 0 Å². The summed E-state index contributed by atoms with van der Waals surface area (Å²) in [4.78, 5) is 0. The Bertz CT molecular complexity index is 13.5. The SMILES string of the molecule is O=[SiH][SiH3].[GeH4]. The van der Waals surface area contributed by atoms with Crippen molar-refractivity contribution in [2.75, 3.05) is 0 Å². The van der Waals surface area contributed by atoms with Gasteiger partial charge in [-0.1, -0.05) is 0 Å². The van der Waals surface area contributed by atoms with Crippen LogP contribution in [0.4, 0.5) is 0 Å². The van der Waals surface area contributed by atoms with Gasteiger partial charge in [-0.2, -0.15) is 0 Å². The zero-order valence-electron chi connectivity index (χ0n) is 1.99. The van der Waals surface area contributed by atoms with Gasteiger partial charge in [0.05, 0.1) is 9.76 Å². The first-order chi connectivity index (χ1) is 1.41. The molecule has 0 aromatic heterocycles. The first kappa shape index (κ1) is 8.84. The minimum absolute atomic E-state index is 0. The molecule has 0 aliphatic carbocycles. The molecule has 4 heteroatoms. The van der Waals surface area contributed by atoms with Gasteiger partial charge in [0.2, 0.25) is 8.92 Å².